The van der Waals surface area contributed by atoms with E-state index in [1.807, 2.05) is 6.08 Å². The Morgan fingerprint density at radius 3 is 1.94 bits per heavy atom. The topological polar surface area (TPSA) is 20.2 Å². The molecule has 0 radical (unpaired) electrons. The number of hydrogen-bond donors (Lipinski definition) is 1. The largest absolute Gasteiger partial charge is 0.385 e. The van der Waals surface area contributed by atoms with E-state index in [9.17, 15) is 5.11 Å². The Kier molecular flexibility index (Phi) is 6.57. The van der Waals surface area contributed by atoms with E-state index in [0.717, 1.165) is 19.3 Å². The molecule has 0 amide bonds. The van der Waals surface area contributed by atoms with Crippen molar-refractivity contribution in [1.82, 2.24) is 0 Å². The van der Waals surface area contributed by atoms with Gasteiger partial charge in [0.2, 0.25) is 0 Å². The van der Waals surface area contributed by atoms with Gasteiger partial charge in [0.1, 0.15) is 0 Å². The molecule has 1 saturated carbocycles. The molecule has 0 aromatic carbocycles. The lowest BCUT2D eigenvalue weighted by Gasteiger charge is -2.32. The highest BCUT2D eigenvalue weighted by Gasteiger charge is 2.30. The summed E-state index contributed by atoms with van der Waals surface area (Å²) < 4.78 is 0. The summed E-state index contributed by atoms with van der Waals surface area (Å²) in [6.45, 7) is 7.71. The third-order valence-electron chi connectivity index (χ3n) is 4.12. The van der Waals surface area contributed by atoms with Gasteiger partial charge in [-0.05, 0) is 12.8 Å². The molecule has 0 spiro atoms. The van der Waals surface area contributed by atoms with Crippen LogP contribution in [0.3, 0.4) is 0 Å². The molecule has 1 heteroatoms. The van der Waals surface area contributed by atoms with Crippen LogP contribution in [0.1, 0.15) is 64.2 Å². The molecule has 0 aliphatic heterocycles. The molecule has 17 heavy (non-hydrogen) atoms. The van der Waals surface area contributed by atoms with Crippen molar-refractivity contribution in [1.29, 1.82) is 0 Å². The summed E-state index contributed by atoms with van der Waals surface area (Å²) >= 11 is 0. The average Bonchev–Trinajstić information content (AvgIpc) is 2.34. The quantitative estimate of drug-likeness (QED) is 0.694. The summed E-state index contributed by atoms with van der Waals surface area (Å²) in [6, 6.07) is 0. The molecule has 1 rings (SSSR count). The van der Waals surface area contributed by atoms with Gasteiger partial charge in [-0.2, -0.15) is 0 Å². The molecular weight excluding hydrogens is 208 g/mol. The summed E-state index contributed by atoms with van der Waals surface area (Å²) in [5, 5.41) is 10.6. The molecule has 2 atom stereocenters. The highest BCUT2D eigenvalue weighted by atomic mass is 16.3. The lowest BCUT2D eigenvalue weighted by atomic mass is 9.79. The maximum atomic E-state index is 10.6. The summed E-state index contributed by atoms with van der Waals surface area (Å²) in [5.41, 5.74) is -0.721. The minimum absolute atomic E-state index is 0.180. The Morgan fingerprint density at radius 2 is 1.41 bits per heavy atom. The Hall–Kier alpha value is -0.560. The molecule has 1 fully saturated rings. The second kappa shape index (κ2) is 7.71. The first kappa shape index (κ1) is 14.5. The Bertz CT molecular complexity index is 234. The van der Waals surface area contributed by atoms with Crippen molar-refractivity contribution in [3.8, 4) is 0 Å². The molecule has 1 aliphatic carbocycles. The molecule has 98 valence electrons. The fourth-order valence-electron chi connectivity index (χ4n) is 2.84. The van der Waals surface area contributed by atoms with E-state index >= 15 is 0 Å². The Morgan fingerprint density at radius 1 is 0.882 bits per heavy atom. The highest BCUT2D eigenvalue weighted by molar-refractivity contribution is 5.05. The predicted molar refractivity (Wildman–Crippen MR) is 75.0 cm³/mol. The van der Waals surface area contributed by atoms with Gasteiger partial charge in [0.25, 0.3) is 0 Å². The van der Waals surface area contributed by atoms with Crippen LogP contribution in [0.4, 0.5) is 0 Å². The van der Waals surface area contributed by atoms with Crippen LogP contribution in [0.15, 0.2) is 25.3 Å². The minimum Gasteiger partial charge on any atom is -0.385 e. The Balaban J connectivity index is 2.61. The van der Waals surface area contributed by atoms with E-state index in [-0.39, 0.29) is 5.92 Å². The van der Waals surface area contributed by atoms with Gasteiger partial charge in [-0.15, -0.1) is 13.2 Å². The molecule has 0 heterocycles. The summed E-state index contributed by atoms with van der Waals surface area (Å²) in [6.07, 6.45) is 15.8. The number of hydrogen-bond acceptors (Lipinski definition) is 1. The zero-order valence-corrected chi connectivity index (χ0v) is 11.2. The van der Waals surface area contributed by atoms with Crippen molar-refractivity contribution in [2.24, 2.45) is 5.92 Å². The molecule has 0 aromatic rings. The van der Waals surface area contributed by atoms with Gasteiger partial charge < -0.3 is 5.11 Å². The van der Waals surface area contributed by atoms with E-state index in [1.165, 1.54) is 44.9 Å². The molecule has 0 saturated heterocycles. The number of aliphatic hydroxyl groups is 1. The van der Waals surface area contributed by atoms with Crippen molar-refractivity contribution in [2.75, 3.05) is 0 Å². The van der Waals surface area contributed by atoms with Gasteiger partial charge in [0, 0.05) is 5.92 Å². The molecule has 0 aromatic heterocycles. The molecule has 2 unspecified atom stereocenters. The monoisotopic (exact) mass is 236 g/mol. The minimum atomic E-state index is -0.721. The molecule has 1 nitrogen and oxygen atoms in total. The van der Waals surface area contributed by atoms with E-state index in [4.69, 9.17) is 0 Å². The van der Waals surface area contributed by atoms with Crippen molar-refractivity contribution in [3.63, 3.8) is 0 Å². The van der Waals surface area contributed by atoms with Crippen molar-refractivity contribution in [2.45, 2.75) is 69.8 Å². The SMILES string of the molecule is C=CC1CCCCCCCCCCC1(O)C=C. The van der Waals surface area contributed by atoms with Gasteiger partial charge in [0.15, 0.2) is 0 Å². The molecule has 0 bridgehead atoms. The fraction of sp³-hybridized carbons (Fsp3) is 0.750. The van der Waals surface area contributed by atoms with E-state index in [2.05, 4.69) is 13.2 Å². The van der Waals surface area contributed by atoms with Crippen molar-refractivity contribution in [3.05, 3.63) is 25.3 Å². The number of rotatable bonds is 2. The van der Waals surface area contributed by atoms with Gasteiger partial charge in [-0.25, -0.2) is 0 Å². The maximum absolute atomic E-state index is 10.6. The summed E-state index contributed by atoms with van der Waals surface area (Å²) in [4.78, 5) is 0. The van der Waals surface area contributed by atoms with Crippen molar-refractivity contribution < 1.29 is 5.11 Å². The highest BCUT2D eigenvalue weighted by Crippen LogP contribution is 2.31. The van der Waals surface area contributed by atoms with E-state index in [0.29, 0.717) is 0 Å². The second-order valence-electron chi connectivity index (χ2n) is 5.40. The van der Waals surface area contributed by atoms with Crippen LogP contribution < -0.4 is 0 Å². The van der Waals surface area contributed by atoms with Crippen LogP contribution in [0.25, 0.3) is 0 Å². The molecule has 1 N–H and O–H groups in total. The van der Waals surface area contributed by atoms with E-state index in [1.54, 1.807) is 6.08 Å². The van der Waals surface area contributed by atoms with Gasteiger partial charge in [-0.3, -0.25) is 0 Å². The third kappa shape index (κ3) is 4.67. The first-order chi connectivity index (χ1) is 8.23. The Labute approximate surface area is 107 Å². The van der Waals surface area contributed by atoms with Gasteiger partial charge >= 0.3 is 0 Å². The average molecular weight is 236 g/mol. The maximum Gasteiger partial charge on any atom is 0.0887 e. The third-order valence-corrected chi connectivity index (χ3v) is 4.12. The van der Waals surface area contributed by atoms with Crippen LogP contribution in [0, 0.1) is 5.92 Å². The van der Waals surface area contributed by atoms with Gasteiger partial charge in [-0.1, -0.05) is 63.5 Å². The van der Waals surface area contributed by atoms with Crippen LogP contribution in [0.5, 0.6) is 0 Å². The normalized spacial score (nSPS) is 33.1. The zero-order chi connectivity index (χ0) is 12.6. The fourth-order valence-corrected chi connectivity index (χ4v) is 2.84. The summed E-state index contributed by atoms with van der Waals surface area (Å²) in [7, 11) is 0. The molecule has 1 aliphatic rings. The van der Waals surface area contributed by atoms with Gasteiger partial charge in [0.05, 0.1) is 5.60 Å². The molecular formula is C16H28O. The lowest BCUT2D eigenvalue weighted by molar-refractivity contribution is 0.0323. The van der Waals surface area contributed by atoms with Crippen LogP contribution >= 0.6 is 0 Å². The lowest BCUT2D eigenvalue weighted by Crippen LogP contribution is -2.34. The van der Waals surface area contributed by atoms with Crippen LogP contribution in [-0.2, 0) is 0 Å². The predicted octanol–water partition coefficient (Wildman–Crippen LogP) is 4.62. The van der Waals surface area contributed by atoms with E-state index < -0.39 is 5.60 Å². The first-order valence-electron chi connectivity index (χ1n) is 7.21. The first-order valence-corrected chi connectivity index (χ1v) is 7.21. The van der Waals surface area contributed by atoms with Crippen molar-refractivity contribution >= 4 is 0 Å². The summed E-state index contributed by atoms with van der Waals surface area (Å²) in [5.74, 6) is 0.180. The van der Waals surface area contributed by atoms with Crippen LogP contribution in [-0.4, -0.2) is 10.7 Å². The standard InChI is InChI=1S/C16H28O/c1-3-15-13-11-9-7-5-6-8-10-12-14-16(15,17)4-2/h3-4,15,17H,1-2,5-14H2. The smallest absolute Gasteiger partial charge is 0.0887 e. The van der Waals surface area contributed by atoms with Crippen LogP contribution in [0.2, 0.25) is 0 Å². The zero-order valence-electron chi connectivity index (χ0n) is 11.2. The second-order valence-corrected chi connectivity index (χ2v) is 5.40.